The molecule has 0 radical (unpaired) electrons. The van der Waals surface area contributed by atoms with Gasteiger partial charge in [0, 0.05) is 29.2 Å². The molecule has 1 saturated carbocycles. The predicted molar refractivity (Wildman–Crippen MR) is 182 cm³/mol. The van der Waals surface area contributed by atoms with Gasteiger partial charge in [0.05, 0.1) is 18.2 Å². The van der Waals surface area contributed by atoms with E-state index in [1.54, 1.807) is 7.11 Å². The number of ether oxygens (including phenoxy) is 1. The summed E-state index contributed by atoms with van der Waals surface area (Å²) < 4.78 is 5.61. The Morgan fingerprint density at radius 2 is 1.65 bits per heavy atom. The molecule has 10 heteroatoms. The van der Waals surface area contributed by atoms with Crippen molar-refractivity contribution in [3.63, 3.8) is 0 Å². The highest BCUT2D eigenvalue weighted by atomic mass is 32.2. The van der Waals surface area contributed by atoms with Crippen molar-refractivity contribution in [3.05, 3.63) is 78.4 Å². The van der Waals surface area contributed by atoms with E-state index in [1.807, 2.05) is 93.6 Å². The van der Waals surface area contributed by atoms with Crippen molar-refractivity contribution in [2.24, 2.45) is 11.8 Å². The average Bonchev–Trinajstić information content (AvgIpc) is 3.02. The molecule has 6 atom stereocenters. The topological polar surface area (TPSA) is 137 Å². The summed E-state index contributed by atoms with van der Waals surface area (Å²) in [5.74, 6) is -0.871. The molecular formula is C36H47N3O6S. The van der Waals surface area contributed by atoms with Crippen LogP contribution in [0.4, 0.5) is 4.79 Å². The van der Waals surface area contributed by atoms with Crippen LogP contribution in [0.1, 0.15) is 52.0 Å². The number of aliphatic hydroxyl groups excluding tert-OH is 1. The molecule has 4 rings (SSSR count). The fourth-order valence-electron chi connectivity index (χ4n) is 6.15. The van der Waals surface area contributed by atoms with Crippen LogP contribution in [0.15, 0.2) is 77.7 Å². The third-order valence-corrected chi connectivity index (χ3v) is 9.59. The molecule has 0 bridgehead atoms. The van der Waals surface area contributed by atoms with E-state index in [2.05, 4.69) is 16.0 Å². The van der Waals surface area contributed by atoms with Gasteiger partial charge in [0.2, 0.25) is 11.8 Å². The van der Waals surface area contributed by atoms with E-state index in [-0.39, 0.29) is 29.6 Å². The third kappa shape index (κ3) is 10.5. The lowest BCUT2D eigenvalue weighted by Crippen LogP contribution is -2.54. The molecule has 1 aliphatic carbocycles. The number of rotatable bonds is 13. The Labute approximate surface area is 275 Å². The Morgan fingerprint density at radius 1 is 0.957 bits per heavy atom. The molecule has 0 heterocycles. The third-order valence-electron chi connectivity index (χ3n) is 8.50. The first kappa shape index (κ1) is 35.3. The minimum atomic E-state index is -1.30. The van der Waals surface area contributed by atoms with Crippen LogP contribution < -0.4 is 16.0 Å². The Balaban J connectivity index is 1.50. The fourth-order valence-corrected chi connectivity index (χ4v) is 7.12. The van der Waals surface area contributed by atoms with Crippen LogP contribution in [-0.4, -0.2) is 70.8 Å². The van der Waals surface area contributed by atoms with Gasteiger partial charge in [-0.05, 0) is 87.3 Å². The van der Waals surface area contributed by atoms with E-state index in [0.717, 1.165) is 27.7 Å². The fraction of sp³-hybridized carbons (Fsp3) is 0.472. The SMILES string of the molecule is COC1CCC(CC(O)C(Cc2ccccc2)NC(=O)C(CSc2ccc3ccccc3c2)NC(=O)O)C(C(=O)NC(C)(C)C)C1. The van der Waals surface area contributed by atoms with Crippen LogP contribution in [0.3, 0.4) is 0 Å². The van der Waals surface area contributed by atoms with Crippen LogP contribution in [0.5, 0.6) is 0 Å². The minimum absolute atomic E-state index is 0.0353. The monoisotopic (exact) mass is 649 g/mol. The van der Waals surface area contributed by atoms with Crippen LogP contribution in [0.25, 0.3) is 10.8 Å². The number of amides is 3. The highest BCUT2D eigenvalue weighted by Gasteiger charge is 2.39. The van der Waals surface area contributed by atoms with Crippen molar-refractivity contribution in [1.82, 2.24) is 16.0 Å². The van der Waals surface area contributed by atoms with E-state index < -0.39 is 35.7 Å². The van der Waals surface area contributed by atoms with Gasteiger partial charge in [0.25, 0.3) is 0 Å². The average molecular weight is 650 g/mol. The van der Waals surface area contributed by atoms with E-state index in [9.17, 15) is 24.6 Å². The quantitative estimate of drug-likeness (QED) is 0.157. The summed E-state index contributed by atoms with van der Waals surface area (Å²) in [7, 11) is 1.66. The van der Waals surface area contributed by atoms with Gasteiger partial charge in [-0.3, -0.25) is 9.59 Å². The molecule has 1 aliphatic rings. The molecule has 0 aliphatic heterocycles. The molecule has 1 fully saturated rings. The highest BCUT2D eigenvalue weighted by Crippen LogP contribution is 2.36. The molecule has 3 amide bonds. The molecule has 9 nitrogen and oxygen atoms in total. The standard InChI is InChI=1S/C36H47N3O6S/c1-36(2,3)39-33(41)29-21-27(45-4)16-14-26(29)20-32(40)30(18-23-10-6-5-7-11-23)37-34(42)31(38-35(43)44)22-46-28-17-15-24-12-8-9-13-25(24)19-28/h5-13,15,17,19,26-27,29-32,38,40H,14,16,18,20-22H2,1-4H3,(H,37,42)(H,39,41)(H,43,44). The van der Waals surface area contributed by atoms with E-state index in [0.29, 0.717) is 25.7 Å². The highest BCUT2D eigenvalue weighted by molar-refractivity contribution is 7.99. The van der Waals surface area contributed by atoms with Gasteiger partial charge in [-0.25, -0.2) is 4.79 Å². The number of carbonyl (C=O) groups is 3. The lowest BCUT2D eigenvalue weighted by molar-refractivity contribution is -0.132. The molecule has 46 heavy (non-hydrogen) atoms. The van der Waals surface area contributed by atoms with E-state index >= 15 is 0 Å². The molecule has 5 N–H and O–H groups in total. The predicted octanol–water partition coefficient (Wildman–Crippen LogP) is 5.39. The number of nitrogens with one attached hydrogen (secondary N) is 3. The Hall–Kier alpha value is -3.60. The van der Waals surface area contributed by atoms with Crippen molar-refractivity contribution >= 4 is 40.4 Å². The second kappa shape index (κ2) is 16.3. The van der Waals surface area contributed by atoms with Crippen LogP contribution in [0.2, 0.25) is 0 Å². The largest absolute Gasteiger partial charge is 0.465 e. The number of thioether (sulfide) groups is 1. The lowest BCUT2D eigenvalue weighted by atomic mass is 9.73. The summed E-state index contributed by atoms with van der Waals surface area (Å²) in [6.07, 6.45) is 0.374. The summed E-state index contributed by atoms with van der Waals surface area (Å²) >= 11 is 1.39. The number of benzene rings is 3. The van der Waals surface area contributed by atoms with Crippen molar-refractivity contribution < 1.29 is 29.3 Å². The molecule has 248 valence electrons. The molecule has 3 aromatic carbocycles. The Kier molecular flexibility index (Phi) is 12.5. The molecule has 6 unspecified atom stereocenters. The summed E-state index contributed by atoms with van der Waals surface area (Å²) in [5.41, 5.74) is 0.520. The normalized spacial score (nSPS) is 20.3. The van der Waals surface area contributed by atoms with Gasteiger partial charge < -0.3 is 30.9 Å². The molecule has 0 aromatic heterocycles. The smallest absolute Gasteiger partial charge is 0.405 e. The summed E-state index contributed by atoms with van der Waals surface area (Å²) in [4.78, 5) is 39.7. The zero-order valence-electron chi connectivity index (χ0n) is 27.1. The number of hydrogen-bond acceptors (Lipinski definition) is 6. The number of hydrogen-bond donors (Lipinski definition) is 5. The lowest BCUT2D eigenvalue weighted by Gasteiger charge is -2.38. The first-order chi connectivity index (χ1) is 21.9. The van der Waals surface area contributed by atoms with Gasteiger partial charge in [-0.2, -0.15) is 0 Å². The summed E-state index contributed by atoms with van der Waals surface area (Å²) in [5, 5.41) is 31.8. The molecule has 3 aromatic rings. The second-order valence-corrected chi connectivity index (χ2v) is 14.3. The minimum Gasteiger partial charge on any atom is -0.465 e. The zero-order valence-corrected chi connectivity index (χ0v) is 27.9. The molecule has 0 spiro atoms. The van der Waals surface area contributed by atoms with Gasteiger partial charge in [0.1, 0.15) is 6.04 Å². The van der Waals surface area contributed by atoms with Crippen molar-refractivity contribution in [2.75, 3.05) is 12.9 Å². The van der Waals surface area contributed by atoms with E-state index in [1.165, 1.54) is 11.8 Å². The maximum atomic E-state index is 13.7. The Morgan fingerprint density at radius 3 is 2.33 bits per heavy atom. The second-order valence-electron chi connectivity index (χ2n) is 13.2. The summed E-state index contributed by atoms with van der Waals surface area (Å²) in [6.45, 7) is 5.82. The van der Waals surface area contributed by atoms with Gasteiger partial charge in [-0.15, -0.1) is 11.8 Å². The van der Waals surface area contributed by atoms with Gasteiger partial charge >= 0.3 is 6.09 Å². The number of fused-ring (bicyclic) bond motifs is 1. The van der Waals surface area contributed by atoms with Crippen molar-refractivity contribution in [3.8, 4) is 0 Å². The first-order valence-corrected chi connectivity index (χ1v) is 16.9. The van der Waals surface area contributed by atoms with Crippen LogP contribution in [0, 0.1) is 11.8 Å². The number of methoxy groups -OCH3 is 1. The number of carbonyl (C=O) groups excluding carboxylic acids is 2. The summed E-state index contributed by atoms with van der Waals surface area (Å²) in [6, 6.07) is 21.7. The van der Waals surface area contributed by atoms with Gasteiger partial charge in [-0.1, -0.05) is 60.7 Å². The first-order valence-electron chi connectivity index (χ1n) is 15.9. The van der Waals surface area contributed by atoms with Crippen LogP contribution >= 0.6 is 11.8 Å². The number of carboxylic acid groups (broad SMARTS) is 1. The molecular weight excluding hydrogens is 602 g/mol. The van der Waals surface area contributed by atoms with Gasteiger partial charge in [0.15, 0.2) is 0 Å². The van der Waals surface area contributed by atoms with E-state index in [4.69, 9.17) is 4.74 Å². The maximum absolute atomic E-state index is 13.7. The zero-order chi connectivity index (χ0) is 33.3. The van der Waals surface area contributed by atoms with Crippen molar-refractivity contribution in [2.45, 2.75) is 87.6 Å². The number of aliphatic hydroxyl groups is 1. The maximum Gasteiger partial charge on any atom is 0.405 e. The van der Waals surface area contributed by atoms with Crippen molar-refractivity contribution in [1.29, 1.82) is 0 Å². The Bertz CT molecular complexity index is 1460. The van der Waals surface area contributed by atoms with Crippen LogP contribution in [-0.2, 0) is 20.7 Å². The molecule has 0 saturated heterocycles.